The Hall–Kier alpha value is -3.24. The lowest BCUT2D eigenvalue weighted by Gasteiger charge is -2.22. The lowest BCUT2D eigenvalue weighted by molar-refractivity contribution is 0.217. The Kier molecular flexibility index (Phi) is 8.31. The van der Waals surface area contributed by atoms with Gasteiger partial charge in [-0.15, -0.1) is 0 Å². The normalized spacial score (nSPS) is 9.72. The molecule has 4 N–H and O–H groups in total. The van der Waals surface area contributed by atoms with Crippen LogP contribution in [-0.4, -0.2) is 52.8 Å². The molecule has 152 valence electrons. The molecule has 29 heavy (non-hydrogen) atoms. The van der Waals surface area contributed by atoms with E-state index in [0.29, 0.717) is 9.98 Å². The van der Waals surface area contributed by atoms with Crippen molar-refractivity contribution >= 4 is 46.5 Å². The zero-order valence-electron chi connectivity index (χ0n) is 16.0. The quantitative estimate of drug-likeness (QED) is 0.337. The van der Waals surface area contributed by atoms with Gasteiger partial charge in [-0.3, -0.25) is 10.0 Å². The van der Waals surface area contributed by atoms with Crippen molar-refractivity contribution in [3.63, 3.8) is 0 Å². The molecular weight excluding hydrogens is 408 g/mol. The number of hydrogen-bond acceptors (Lipinski definition) is 4. The van der Waals surface area contributed by atoms with Gasteiger partial charge in [-0.1, -0.05) is 85.1 Å². The Balaban J connectivity index is 1.70. The van der Waals surface area contributed by atoms with E-state index in [2.05, 4.69) is 21.5 Å². The second kappa shape index (κ2) is 10.9. The third-order valence-electron chi connectivity index (χ3n) is 3.69. The zero-order chi connectivity index (χ0) is 21.2. The summed E-state index contributed by atoms with van der Waals surface area (Å²) in [6, 6.07) is 17.6. The van der Waals surface area contributed by atoms with Gasteiger partial charge in [-0.2, -0.15) is 0 Å². The maximum atomic E-state index is 12.0. The van der Waals surface area contributed by atoms with E-state index in [-0.39, 0.29) is 6.67 Å². The van der Waals surface area contributed by atoms with E-state index in [1.165, 1.54) is 10.0 Å². The number of benzene rings is 2. The highest BCUT2D eigenvalue weighted by Crippen LogP contribution is 2.03. The summed E-state index contributed by atoms with van der Waals surface area (Å²) in [4.78, 5) is 24.8. The van der Waals surface area contributed by atoms with Crippen LogP contribution in [0.15, 0.2) is 60.7 Å². The van der Waals surface area contributed by atoms with Crippen LogP contribution in [0.5, 0.6) is 0 Å². The van der Waals surface area contributed by atoms with Gasteiger partial charge in [-0.05, 0) is 0 Å². The first-order valence-electron chi connectivity index (χ1n) is 8.63. The predicted octanol–water partition coefficient (Wildman–Crippen LogP) is 1.99. The molecule has 0 aromatic heterocycles. The van der Waals surface area contributed by atoms with Crippen molar-refractivity contribution in [2.24, 2.45) is 0 Å². The molecule has 4 amide bonds. The summed E-state index contributed by atoms with van der Waals surface area (Å²) >= 11 is 10.6. The molecule has 0 heterocycles. The van der Waals surface area contributed by atoms with Crippen LogP contribution in [0.25, 0.3) is 0 Å². The Morgan fingerprint density at radius 2 is 1.07 bits per heavy atom. The van der Waals surface area contributed by atoms with Crippen molar-refractivity contribution in [1.82, 2.24) is 31.5 Å². The maximum absolute atomic E-state index is 12.0. The number of hydrogen-bond donors (Lipinski definition) is 4. The summed E-state index contributed by atoms with van der Waals surface area (Å²) in [5, 5.41) is 7.87. The fraction of sp³-hybridized carbons (Fsp3) is 0.158. The molecule has 0 spiro atoms. The number of amides is 4. The van der Waals surface area contributed by atoms with E-state index in [9.17, 15) is 9.59 Å². The molecule has 10 heteroatoms. The number of nitrogens with zero attached hydrogens (tertiary/aromatic N) is 2. The summed E-state index contributed by atoms with van der Waals surface area (Å²) in [5.41, 5.74) is 6.75. The molecule has 2 aromatic rings. The van der Waals surface area contributed by atoms with E-state index < -0.39 is 12.1 Å². The smallest absolute Gasteiger partial charge is 0.319 e. The fourth-order valence-electron chi connectivity index (χ4n) is 2.24. The molecule has 2 aromatic carbocycles. The number of urea groups is 2. The van der Waals surface area contributed by atoms with Gasteiger partial charge in [0.1, 0.15) is 9.98 Å². The molecule has 2 rings (SSSR count). The lowest BCUT2D eigenvalue weighted by Crippen LogP contribution is -2.53. The zero-order valence-corrected chi connectivity index (χ0v) is 17.6. The summed E-state index contributed by atoms with van der Waals surface area (Å²) in [6.45, 7) is -0.0878. The van der Waals surface area contributed by atoms with E-state index in [4.69, 9.17) is 24.4 Å². The van der Waals surface area contributed by atoms with E-state index in [0.717, 1.165) is 11.1 Å². The highest BCUT2D eigenvalue weighted by molar-refractivity contribution is 7.80. The van der Waals surface area contributed by atoms with Crippen molar-refractivity contribution in [2.75, 3.05) is 20.8 Å². The molecule has 0 saturated heterocycles. The van der Waals surface area contributed by atoms with E-state index in [1.54, 1.807) is 14.1 Å². The summed E-state index contributed by atoms with van der Waals surface area (Å²) in [7, 11) is 3.27. The van der Waals surface area contributed by atoms with Crippen molar-refractivity contribution in [3.8, 4) is 0 Å². The second-order valence-corrected chi connectivity index (χ2v) is 6.65. The highest BCUT2D eigenvalue weighted by Gasteiger charge is 2.12. The number of thiocarbonyl (C=S) groups is 2. The van der Waals surface area contributed by atoms with Crippen LogP contribution in [0, 0.1) is 0 Å². The Morgan fingerprint density at radius 1 is 0.724 bits per heavy atom. The molecular formula is C19H22N6O2S2. The minimum Gasteiger partial charge on any atom is -0.319 e. The van der Waals surface area contributed by atoms with E-state index in [1.807, 2.05) is 60.7 Å². The first kappa shape index (κ1) is 22.1. The Labute approximate surface area is 180 Å². The van der Waals surface area contributed by atoms with Gasteiger partial charge in [0.05, 0.1) is 6.67 Å². The fourth-order valence-corrected chi connectivity index (χ4v) is 2.60. The minimum atomic E-state index is -0.515. The van der Waals surface area contributed by atoms with Crippen molar-refractivity contribution < 1.29 is 9.59 Å². The first-order chi connectivity index (χ1) is 13.9. The first-order valence-corrected chi connectivity index (χ1v) is 9.45. The van der Waals surface area contributed by atoms with Gasteiger partial charge in [0.25, 0.3) is 0 Å². The van der Waals surface area contributed by atoms with Crippen LogP contribution in [-0.2, 0) is 0 Å². The largest absolute Gasteiger partial charge is 0.334 e. The van der Waals surface area contributed by atoms with Crippen LogP contribution < -0.4 is 21.5 Å². The number of nitrogens with one attached hydrogen (secondary N) is 4. The van der Waals surface area contributed by atoms with Gasteiger partial charge in [0.15, 0.2) is 0 Å². The molecule has 0 atom stereocenters. The summed E-state index contributed by atoms with van der Waals surface area (Å²) in [6.07, 6.45) is 0. The number of carbonyl (C=O) groups excluding carboxylic acids is 2. The lowest BCUT2D eigenvalue weighted by atomic mass is 10.2. The molecule has 8 nitrogen and oxygen atoms in total. The topological polar surface area (TPSA) is 88.7 Å². The van der Waals surface area contributed by atoms with Crippen LogP contribution >= 0.6 is 24.4 Å². The van der Waals surface area contributed by atoms with Crippen LogP contribution in [0.4, 0.5) is 9.59 Å². The minimum absolute atomic E-state index is 0.0878. The molecule has 0 aliphatic heterocycles. The molecule has 0 unspecified atom stereocenters. The van der Waals surface area contributed by atoms with Crippen LogP contribution in [0.1, 0.15) is 11.1 Å². The van der Waals surface area contributed by atoms with Gasteiger partial charge < -0.3 is 10.6 Å². The van der Waals surface area contributed by atoms with Crippen molar-refractivity contribution in [2.45, 2.75) is 0 Å². The third kappa shape index (κ3) is 7.01. The summed E-state index contributed by atoms with van der Waals surface area (Å²) < 4.78 is 0. The van der Waals surface area contributed by atoms with Gasteiger partial charge >= 0.3 is 12.1 Å². The Morgan fingerprint density at radius 3 is 1.41 bits per heavy atom. The molecule has 0 aliphatic rings. The van der Waals surface area contributed by atoms with Gasteiger partial charge in [0, 0.05) is 25.2 Å². The molecule has 0 fully saturated rings. The number of hydrazine groups is 2. The molecule has 0 saturated carbocycles. The number of rotatable bonds is 4. The molecule has 0 radical (unpaired) electrons. The predicted molar refractivity (Wildman–Crippen MR) is 120 cm³/mol. The van der Waals surface area contributed by atoms with Crippen LogP contribution in [0.3, 0.4) is 0 Å². The third-order valence-corrected chi connectivity index (χ3v) is 4.71. The van der Waals surface area contributed by atoms with Crippen molar-refractivity contribution in [1.29, 1.82) is 0 Å². The average molecular weight is 431 g/mol. The van der Waals surface area contributed by atoms with Gasteiger partial charge in [0.2, 0.25) is 0 Å². The van der Waals surface area contributed by atoms with E-state index >= 15 is 0 Å². The SMILES string of the molecule is CN(NC(=O)NCNC(=O)NN(C)C(=S)c1ccccc1)C(=S)c1ccccc1. The highest BCUT2D eigenvalue weighted by atomic mass is 32.1. The number of carbonyl (C=O) groups is 2. The average Bonchev–Trinajstić information content (AvgIpc) is 2.73. The monoisotopic (exact) mass is 430 g/mol. The van der Waals surface area contributed by atoms with Crippen molar-refractivity contribution in [3.05, 3.63) is 71.8 Å². The van der Waals surface area contributed by atoms with Crippen LogP contribution in [0.2, 0.25) is 0 Å². The second-order valence-electron chi connectivity index (χ2n) is 5.87. The maximum Gasteiger partial charge on any atom is 0.334 e. The summed E-state index contributed by atoms with van der Waals surface area (Å²) in [5.74, 6) is 0. The molecule has 0 bridgehead atoms. The molecule has 0 aliphatic carbocycles. The Bertz CT molecular complexity index is 792. The standard InChI is InChI=1S/C19H22N6O2S2/c1-24(16(28)14-9-5-3-6-10-14)22-18(26)20-13-21-19(27)23-25(2)17(29)15-11-7-4-8-12-15/h3-12H,13H2,1-2H3,(H2,20,22,26)(H2,21,23,27). The van der Waals surface area contributed by atoms with Gasteiger partial charge in [-0.25, -0.2) is 20.4 Å².